The van der Waals surface area contributed by atoms with Gasteiger partial charge < -0.3 is 10.5 Å². The molecule has 0 heterocycles. The first-order valence-electron chi connectivity index (χ1n) is 5.91. The van der Waals surface area contributed by atoms with Crippen molar-refractivity contribution < 1.29 is 4.74 Å². The Morgan fingerprint density at radius 2 is 1.88 bits per heavy atom. The normalized spacial score (nSPS) is 13.1. The summed E-state index contributed by atoms with van der Waals surface area (Å²) in [6.07, 6.45) is 0. The van der Waals surface area contributed by atoms with Crippen molar-refractivity contribution >= 4 is 0 Å². The fourth-order valence-corrected chi connectivity index (χ4v) is 1.76. The molecule has 0 bridgehead atoms. The molecule has 1 aromatic rings. The van der Waals surface area contributed by atoms with Crippen LogP contribution in [0.5, 0.6) is 0 Å². The van der Waals surface area contributed by atoms with Crippen molar-refractivity contribution in [3.05, 3.63) is 34.9 Å². The zero-order valence-corrected chi connectivity index (χ0v) is 10.8. The second-order valence-electron chi connectivity index (χ2n) is 4.90. The number of hydrogen-bond donors (Lipinski definition) is 1. The lowest BCUT2D eigenvalue weighted by atomic mass is 10.0. The molecule has 0 aliphatic carbocycles. The average Bonchev–Trinajstić information content (AvgIpc) is 2.16. The van der Waals surface area contributed by atoms with Gasteiger partial charge in [-0.2, -0.15) is 0 Å². The molecule has 0 saturated heterocycles. The van der Waals surface area contributed by atoms with E-state index in [4.69, 9.17) is 10.5 Å². The zero-order valence-electron chi connectivity index (χ0n) is 10.8. The molecular formula is C14H23NO. The van der Waals surface area contributed by atoms with E-state index in [-0.39, 0.29) is 6.04 Å². The molecule has 0 aliphatic rings. The van der Waals surface area contributed by atoms with Crippen LogP contribution in [0.4, 0.5) is 0 Å². The maximum Gasteiger partial charge on any atom is 0.0659 e. The van der Waals surface area contributed by atoms with Crippen LogP contribution in [0.3, 0.4) is 0 Å². The van der Waals surface area contributed by atoms with E-state index >= 15 is 0 Å². The van der Waals surface area contributed by atoms with Crippen molar-refractivity contribution in [3.8, 4) is 0 Å². The molecule has 0 radical (unpaired) electrons. The fourth-order valence-electron chi connectivity index (χ4n) is 1.76. The summed E-state index contributed by atoms with van der Waals surface area (Å²) < 4.78 is 5.57. The third-order valence-corrected chi connectivity index (χ3v) is 2.57. The zero-order chi connectivity index (χ0) is 12.1. The molecule has 2 N–H and O–H groups in total. The molecule has 16 heavy (non-hydrogen) atoms. The van der Waals surface area contributed by atoms with Crippen LogP contribution in [0.15, 0.2) is 18.2 Å². The van der Waals surface area contributed by atoms with Gasteiger partial charge in [0.15, 0.2) is 0 Å². The number of nitrogens with two attached hydrogens (primary N) is 1. The molecule has 1 rings (SSSR count). The summed E-state index contributed by atoms with van der Waals surface area (Å²) in [7, 11) is 0. The van der Waals surface area contributed by atoms with E-state index in [0.717, 1.165) is 6.61 Å². The maximum absolute atomic E-state index is 6.11. The van der Waals surface area contributed by atoms with E-state index < -0.39 is 0 Å². The number of ether oxygens (including phenoxy) is 1. The lowest BCUT2D eigenvalue weighted by Gasteiger charge is -2.16. The molecule has 1 unspecified atom stereocenters. The number of hydrogen-bond acceptors (Lipinski definition) is 2. The third kappa shape index (κ3) is 3.95. The Labute approximate surface area is 98.8 Å². The van der Waals surface area contributed by atoms with Crippen LogP contribution in [0.2, 0.25) is 0 Å². The molecule has 0 aromatic heterocycles. The summed E-state index contributed by atoms with van der Waals surface area (Å²) in [5.74, 6) is 0.561. The number of rotatable bonds is 5. The molecule has 0 spiro atoms. The van der Waals surface area contributed by atoms with Gasteiger partial charge in [0.05, 0.1) is 12.6 Å². The van der Waals surface area contributed by atoms with Crippen molar-refractivity contribution in [1.29, 1.82) is 0 Å². The van der Waals surface area contributed by atoms with Crippen LogP contribution in [-0.2, 0) is 4.74 Å². The smallest absolute Gasteiger partial charge is 0.0659 e. The van der Waals surface area contributed by atoms with Gasteiger partial charge >= 0.3 is 0 Å². The van der Waals surface area contributed by atoms with Gasteiger partial charge in [-0.25, -0.2) is 0 Å². The first-order chi connectivity index (χ1) is 7.50. The Bertz CT molecular complexity index is 334. The predicted molar refractivity (Wildman–Crippen MR) is 68.5 cm³/mol. The van der Waals surface area contributed by atoms with Gasteiger partial charge in [0.25, 0.3) is 0 Å². The van der Waals surface area contributed by atoms with Crippen LogP contribution in [0.1, 0.15) is 36.6 Å². The molecule has 0 saturated carbocycles. The lowest BCUT2D eigenvalue weighted by Crippen LogP contribution is -2.19. The van der Waals surface area contributed by atoms with Crippen LogP contribution >= 0.6 is 0 Å². The summed E-state index contributed by atoms with van der Waals surface area (Å²) in [5.41, 5.74) is 9.82. The van der Waals surface area contributed by atoms with Crippen molar-refractivity contribution in [3.63, 3.8) is 0 Å². The van der Waals surface area contributed by atoms with Gasteiger partial charge in [-0.3, -0.25) is 0 Å². The molecule has 0 aliphatic heterocycles. The Hall–Kier alpha value is -0.860. The summed E-state index contributed by atoms with van der Waals surface area (Å²) in [4.78, 5) is 0. The molecule has 1 aromatic carbocycles. The summed E-state index contributed by atoms with van der Waals surface area (Å²) in [6.45, 7) is 9.86. The highest BCUT2D eigenvalue weighted by Crippen LogP contribution is 2.17. The topological polar surface area (TPSA) is 35.2 Å². The number of benzene rings is 1. The summed E-state index contributed by atoms with van der Waals surface area (Å²) >= 11 is 0. The van der Waals surface area contributed by atoms with Crippen molar-refractivity contribution in [2.75, 3.05) is 13.2 Å². The van der Waals surface area contributed by atoms with Gasteiger partial charge in [-0.05, 0) is 30.9 Å². The Morgan fingerprint density at radius 3 is 2.44 bits per heavy atom. The van der Waals surface area contributed by atoms with E-state index in [0.29, 0.717) is 12.5 Å². The minimum absolute atomic E-state index is 0.0145. The fraction of sp³-hybridized carbons (Fsp3) is 0.571. The second-order valence-corrected chi connectivity index (χ2v) is 4.90. The van der Waals surface area contributed by atoms with E-state index in [2.05, 4.69) is 45.9 Å². The summed E-state index contributed by atoms with van der Waals surface area (Å²) in [5, 5.41) is 0. The number of aryl methyl sites for hydroxylation is 2. The Morgan fingerprint density at radius 1 is 1.19 bits per heavy atom. The minimum Gasteiger partial charge on any atom is -0.379 e. The quantitative estimate of drug-likeness (QED) is 0.829. The van der Waals surface area contributed by atoms with Crippen molar-refractivity contribution in [2.45, 2.75) is 33.7 Å². The highest BCUT2D eigenvalue weighted by Gasteiger charge is 2.09. The minimum atomic E-state index is -0.0145. The molecular weight excluding hydrogens is 198 g/mol. The van der Waals surface area contributed by atoms with Crippen LogP contribution in [0, 0.1) is 19.8 Å². The lowest BCUT2D eigenvalue weighted by molar-refractivity contribution is 0.0982. The Balaban J connectivity index is 2.55. The molecule has 2 heteroatoms. The molecule has 1 atom stereocenters. The SMILES string of the molecule is Cc1ccc(C(N)COCC(C)C)c(C)c1. The average molecular weight is 221 g/mol. The first-order valence-corrected chi connectivity index (χ1v) is 5.91. The van der Waals surface area contributed by atoms with Crippen molar-refractivity contribution in [1.82, 2.24) is 0 Å². The first kappa shape index (κ1) is 13.2. The molecule has 0 fully saturated rings. The summed E-state index contributed by atoms with van der Waals surface area (Å²) in [6, 6.07) is 6.36. The van der Waals surface area contributed by atoms with E-state index in [1.807, 2.05) is 0 Å². The van der Waals surface area contributed by atoms with Gasteiger partial charge in [0.1, 0.15) is 0 Å². The predicted octanol–water partition coefficient (Wildman–Crippen LogP) is 2.98. The van der Waals surface area contributed by atoms with E-state index in [9.17, 15) is 0 Å². The standard InChI is InChI=1S/C14H23NO/c1-10(2)8-16-9-14(15)13-6-5-11(3)7-12(13)4/h5-7,10,14H,8-9,15H2,1-4H3. The Kier molecular flexibility index (Phi) is 4.97. The highest BCUT2D eigenvalue weighted by molar-refractivity contribution is 5.32. The van der Waals surface area contributed by atoms with Crippen LogP contribution < -0.4 is 5.73 Å². The maximum atomic E-state index is 6.11. The van der Waals surface area contributed by atoms with Crippen LogP contribution in [0.25, 0.3) is 0 Å². The molecule has 90 valence electrons. The second kappa shape index (κ2) is 6.02. The van der Waals surface area contributed by atoms with Crippen LogP contribution in [-0.4, -0.2) is 13.2 Å². The highest BCUT2D eigenvalue weighted by atomic mass is 16.5. The molecule has 0 amide bonds. The van der Waals surface area contributed by atoms with Gasteiger partial charge in [-0.15, -0.1) is 0 Å². The van der Waals surface area contributed by atoms with Gasteiger partial charge in [0.2, 0.25) is 0 Å². The monoisotopic (exact) mass is 221 g/mol. The third-order valence-electron chi connectivity index (χ3n) is 2.57. The largest absolute Gasteiger partial charge is 0.379 e. The van der Waals surface area contributed by atoms with E-state index in [1.54, 1.807) is 0 Å². The van der Waals surface area contributed by atoms with Crippen molar-refractivity contribution in [2.24, 2.45) is 11.7 Å². The van der Waals surface area contributed by atoms with E-state index in [1.165, 1.54) is 16.7 Å². The van der Waals surface area contributed by atoms with Gasteiger partial charge in [0, 0.05) is 6.61 Å². The molecule has 2 nitrogen and oxygen atoms in total. The van der Waals surface area contributed by atoms with Gasteiger partial charge in [-0.1, -0.05) is 37.6 Å².